The molecular formula is C5H3BrClN3O. The first kappa shape index (κ1) is 8.42. The Balaban J connectivity index is 2.99. The van der Waals surface area contributed by atoms with Gasteiger partial charge >= 0.3 is 0 Å². The SMILES string of the molecule is O/N=C(\Cl)c1ncc(Br)cn1. The third-order valence-electron chi connectivity index (χ3n) is 0.893. The van der Waals surface area contributed by atoms with Gasteiger partial charge in [-0.15, -0.1) is 0 Å². The van der Waals surface area contributed by atoms with Crippen LogP contribution < -0.4 is 0 Å². The molecule has 0 amide bonds. The minimum absolute atomic E-state index is 0.127. The van der Waals surface area contributed by atoms with Gasteiger partial charge in [0.2, 0.25) is 5.17 Å². The summed E-state index contributed by atoms with van der Waals surface area (Å²) in [7, 11) is 0. The first-order chi connectivity index (χ1) is 5.24. The number of hydrogen-bond donors (Lipinski definition) is 1. The molecule has 0 saturated heterocycles. The predicted octanol–water partition coefficient (Wildman–Crippen LogP) is 1.61. The molecule has 0 unspecified atom stereocenters. The summed E-state index contributed by atoms with van der Waals surface area (Å²) in [6, 6.07) is 0. The summed E-state index contributed by atoms with van der Waals surface area (Å²) < 4.78 is 0.739. The van der Waals surface area contributed by atoms with Crippen LogP contribution in [0.5, 0.6) is 0 Å². The summed E-state index contributed by atoms with van der Waals surface area (Å²) in [6.45, 7) is 0. The van der Waals surface area contributed by atoms with E-state index in [1.807, 2.05) is 0 Å². The number of oxime groups is 1. The summed E-state index contributed by atoms with van der Waals surface area (Å²) in [5, 5.41) is 10.8. The highest BCUT2D eigenvalue weighted by Crippen LogP contribution is 2.05. The molecule has 0 aliphatic rings. The lowest BCUT2D eigenvalue weighted by atomic mass is 10.6. The van der Waals surface area contributed by atoms with E-state index in [1.54, 1.807) is 0 Å². The van der Waals surface area contributed by atoms with Crippen molar-refractivity contribution in [3.8, 4) is 0 Å². The van der Waals surface area contributed by atoms with E-state index < -0.39 is 0 Å². The molecule has 0 aliphatic carbocycles. The first-order valence-corrected chi connectivity index (χ1v) is 3.76. The van der Waals surface area contributed by atoms with Crippen molar-refractivity contribution in [1.82, 2.24) is 9.97 Å². The first-order valence-electron chi connectivity index (χ1n) is 2.59. The van der Waals surface area contributed by atoms with Gasteiger partial charge in [-0.3, -0.25) is 0 Å². The molecule has 0 radical (unpaired) electrons. The van der Waals surface area contributed by atoms with Crippen molar-refractivity contribution < 1.29 is 5.21 Å². The zero-order chi connectivity index (χ0) is 8.27. The van der Waals surface area contributed by atoms with Crippen LogP contribution in [0, 0.1) is 0 Å². The Morgan fingerprint density at radius 2 is 2.09 bits per heavy atom. The summed E-state index contributed by atoms with van der Waals surface area (Å²) in [5.74, 6) is 0.192. The maximum Gasteiger partial charge on any atom is 0.212 e. The Morgan fingerprint density at radius 1 is 1.55 bits per heavy atom. The molecule has 0 atom stereocenters. The van der Waals surface area contributed by atoms with Gasteiger partial charge in [0.1, 0.15) is 0 Å². The van der Waals surface area contributed by atoms with Crippen LogP contribution in [0.3, 0.4) is 0 Å². The fraction of sp³-hybridized carbons (Fsp3) is 0. The van der Waals surface area contributed by atoms with Crippen LogP contribution in [0.4, 0.5) is 0 Å². The molecule has 11 heavy (non-hydrogen) atoms. The molecule has 58 valence electrons. The predicted molar refractivity (Wildman–Crippen MR) is 43.9 cm³/mol. The molecule has 1 N–H and O–H groups in total. The van der Waals surface area contributed by atoms with Gasteiger partial charge in [0.25, 0.3) is 0 Å². The topological polar surface area (TPSA) is 58.4 Å². The average Bonchev–Trinajstić information content (AvgIpc) is 2.05. The van der Waals surface area contributed by atoms with Crippen molar-refractivity contribution in [2.75, 3.05) is 0 Å². The van der Waals surface area contributed by atoms with Crippen molar-refractivity contribution in [2.45, 2.75) is 0 Å². The van der Waals surface area contributed by atoms with Crippen molar-refractivity contribution in [3.05, 3.63) is 22.7 Å². The van der Waals surface area contributed by atoms with E-state index in [9.17, 15) is 0 Å². The molecule has 0 aromatic carbocycles. The second-order valence-corrected chi connectivity index (χ2v) is 2.89. The van der Waals surface area contributed by atoms with Crippen molar-refractivity contribution in [3.63, 3.8) is 0 Å². The van der Waals surface area contributed by atoms with E-state index in [2.05, 4.69) is 31.1 Å². The van der Waals surface area contributed by atoms with Crippen molar-refractivity contribution in [2.24, 2.45) is 5.16 Å². The minimum Gasteiger partial charge on any atom is -0.410 e. The Bertz CT molecular complexity index is 274. The lowest BCUT2D eigenvalue weighted by Crippen LogP contribution is -1.98. The minimum atomic E-state index is -0.127. The van der Waals surface area contributed by atoms with Crippen LogP contribution in [0.1, 0.15) is 5.82 Å². The highest BCUT2D eigenvalue weighted by Gasteiger charge is 2.01. The standard InChI is InChI=1S/C5H3BrClN3O/c6-3-1-8-5(9-2-3)4(7)10-11/h1-2,11H/b10-4-. The van der Waals surface area contributed by atoms with Gasteiger partial charge < -0.3 is 5.21 Å². The van der Waals surface area contributed by atoms with Crippen LogP contribution in [0.15, 0.2) is 22.0 Å². The molecule has 1 aromatic rings. The summed E-state index contributed by atoms with van der Waals surface area (Å²) in [5.41, 5.74) is 0. The van der Waals surface area contributed by atoms with Gasteiger partial charge in [0.05, 0.1) is 4.47 Å². The van der Waals surface area contributed by atoms with E-state index in [0.29, 0.717) is 0 Å². The highest BCUT2D eigenvalue weighted by molar-refractivity contribution is 9.10. The zero-order valence-corrected chi connectivity index (χ0v) is 7.54. The van der Waals surface area contributed by atoms with E-state index in [0.717, 1.165) is 4.47 Å². The van der Waals surface area contributed by atoms with Crippen LogP contribution in [-0.4, -0.2) is 20.3 Å². The number of hydrogen-bond acceptors (Lipinski definition) is 4. The maximum absolute atomic E-state index is 8.22. The van der Waals surface area contributed by atoms with Gasteiger partial charge in [-0.1, -0.05) is 16.8 Å². The number of rotatable bonds is 1. The summed E-state index contributed by atoms with van der Waals surface area (Å²) in [6.07, 6.45) is 3.02. The van der Waals surface area contributed by atoms with E-state index >= 15 is 0 Å². The molecule has 0 saturated carbocycles. The molecule has 0 aliphatic heterocycles. The van der Waals surface area contributed by atoms with Gasteiger partial charge in [0.15, 0.2) is 5.82 Å². The Labute approximate surface area is 76.1 Å². The zero-order valence-electron chi connectivity index (χ0n) is 5.20. The third kappa shape index (κ3) is 2.13. The second kappa shape index (κ2) is 3.64. The largest absolute Gasteiger partial charge is 0.410 e. The molecule has 0 bridgehead atoms. The molecular weight excluding hydrogens is 233 g/mol. The van der Waals surface area contributed by atoms with E-state index in [1.165, 1.54) is 12.4 Å². The molecule has 0 spiro atoms. The maximum atomic E-state index is 8.22. The molecule has 4 nitrogen and oxygen atoms in total. The molecule has 1 rings (SSSR count). The van der Waals surface area contributed by atoms with Crippen LogP contribution >= 0.6 is 27.5 Å². The normalized spacial score (nSPS) is 11.6. The Kier molecular flexibility index (Phi) is 2.78. The van der Waals surface area contributed by atoms with Gasteiger partial charge in [-0.25, -0.2) is 9.97 Å². The van der Waals surface area contributed by atoms with Crippen molar-refractivity contribution >= 4 is 32.7 Å². The number of halogens is 2. The molecule has 1 aromatic heterocycles. The smallest absolute Gasteiger partial charge is 0.212 e. The summed E-state index contributed by atoms with van der Waals surface area (Å²) in [4.78, 5) is 7.54. The Hall–Kier alpha value is -0.680. The van der Waals surface area contributed by atoms with Crippen LogP contribution in [-0.2, 0) is 0 Å². The third-order valence-corrected chi connectivity index (χ3v) is 1.55. The van der Waals surface area contributed by atoms with Gasteiger partial charge in [0, 0.05) is 12.4 Å². The van der Waals surface area contributed by atoms with Gasteiger partial charge in [-0.2, -0.15) is 0 Å². The number of nitrogens with zero attached hydrogens (tertiary/aromatic N) is 3. The van der Waals surface area contributed by atoms with Gasteiger partial charge in [-0.05, 0) is 15.9 Å². The monoisotopic (exact) mass is 235 g/mol. The van der Waals surface area contributed by atoms with Crippen LogP contribution in [0.25, 0.3) is 0 Å². The lowest BCUT2D eigenvalue weighted by Gasteiger charge is -1.92. The van der Waals surface area contributed by atoms with Crippen LogP contribution in [0.2, 0.25) is 0 Å². The molecule has 1 heterocycles. The lowest BCUT2D eigenvalue weighted by molar-refractivity contribution is 0.320. The van der Waals surface area contributed by atoms with E-state index in [-0.39, 0.29) is 11.0 Å². The second-order valence-electron chi connectivity index (χ2n) is 1.62. The molecule has 6 heteroatoms. The fourth-order valence-corrected chi connectivity index (χ4v) is 0.766. The average molecular weight is 236 g/mol. The quantitative estimate of drug-likeness (QED) is 0.458. The highest BCUT2D eigenvalue weighted by atomic mass is 79.9. The van der Waals surface area contributed by atoms with E-state index in [4.69, 9.17) is 16.8 Å². The summed E-state index contributed by atoms with van der Waals surface area (Å²) >= 11 is 8.55. The fourth-order valence-electron chi connectivity index (χ4n) is 0.464. The molecule has 0 fully saturated rings. The number of aromatic nitrogens is 2. The Morgan fingerprint density at radius 3 is 2.55 bits per heavy atom. The van der Waals surface area contributed by atoms with Crippen molar-refractivity contribution in [1.29, 1.82) is 0 Å².